The fraction of sp³-hybridized carbons (Fsp3) is 0.176. The van der Waals surface area contributed by atoms with E-state index in [4.69, 9.17) is 0 Å². The number of amides is 2. The number of benzene rings is 1. The van der Waals surface area contributed by atoms with Crippen molar-refractivity contribution in [3.05, 3.63) is 54.4 Å². The van der Waals surface area contributed by atoms with Gasteiger partial charge in [0.15, 0.2) is 0 Å². The summed E-state index contributed by atoms with van der Waals surface area (Å²) in [4.78, 5) is 26.9. The maximum Gasteiger partial charge on any atom is 0.255 e. The average Bonchev–Trinajstić information content (AvgIpc) is 2.62. The zero-order valence-electron chi connectivity index (χ0n) is 14.8. The van der Waals surface area contributed by atoms with Crippen LogP contribution in [0.4, 0.5) is 5.69 Å². The lowest BCUT2D eigenvalue weighted by molar-refractivity contribution is -0.121. The van der Waals surface area contributed by atoms with Crippen LogP contribution in [0.2, 0.25) is 0 Å². The van der Waals surface area contributed by atoms with Gasteiger partial charge in [-0.1, -0.05) is 6.07 Å². The molecule has 0 radical (unpaired) electrons. The molecule has 1 heterocycles. The van der Waals surface area contributed by atoms with Gasteiger partial charge in [-0.2, -0.15) is 9.41 Å². The molecular formula is C17H19N5O4S. The Kier molecular flexibility index (Phi) is 6.74. The first-order valence-electron chi connectivity index (χ1n) is 7.86. The maximum absolute atomic E-state index is 12.5. The highest BCUT2D eigenvalue weighted by Crippen LogP contribution is 2.17. The van der Waals surface area contributed by atoms with Crippen molar-refractivity contribution in [2.45, 2.75) is 11.8 Å². The van der Waals surface area contributed by atoms with Crippen LogP contribution in [0.5, 0.6) is 0 Å². The normalized spacial score (nSPS) is 11.5. The Morgan fingerprint density at radius 2 is 1.89 bits per heavy atom. The summed E-state index contributed by atoms with van der Waals surface area (Å²) in [6, 6.07) is 10.9. The van der Waals surface area contributed by atoms with Crippen molar-refractivity contribution >= 4 is 33.7 Å². The quantitative estimate of drug-likeness (QED) is 0.536. The number of nitrogens with one attached hydrogen (secondary N) is 2. The molecule has 0 unspecified atom stereocenters. The first-order valence-corrected chi connectivity index (χ1v) is 9.30. The van der Waals surface area contributed by atoms with Gasteiger partial charge < -0.3 is 5.32 Å². The van der Waals surface area contributed by atoms with Crippen molar-refractivity contribution < 1.29 is 18.0 Å². The summed E-state index contributed by atoms with van der Waals surface area (Å²) >= 11 is 0. The topological polar surface area (TPSA) is 121 Å². The third-order valence-corrected chi connectivity index (χ3v) is 5.14. The Labute approximate surface area is 157 Å². The zero-order valence-corrected chi connectivity index (χ0v) is 15.6. The maximum atomic E-state index is 12.5. The molecule has 2 N–H and O–H groups in total. The summed E-state index contributed by atoms with van der Waals surface area (Å²) in [7, 11) is -2.57. The molecule has 10 heteroatoms. The second kappa shape index (κ2) is 9.01. The lowest BCUT2D eigenvalue weighted by Gasteiger charge is -2.16. The SMILES string of the molecule is CC(=O)Nc1ccc(S(=O)(=O)N(C)CC(=O)N/N=C\c2ccccn2)cc1. The van der Waals surface area contributed by atoms with Gasteiger partial charge in [0.25, 0.3) is 5.91 Å². The number of carbonyl (C=O) groups is 2. The molecular weight excluding hydrogens is 370 g/mol. The fourth-order valence-corrected chi connectivity index (χ4v) is 3.17. The van der Waals surface area contributed by atoms with Crippen LogP contribution in [0, 0.1) is 0 Å². The monoisotopic (exact) mass is 389 g/mol. The number of hydrogen-bond donors (Lipinski definition) is 2. The summed E-state index contributed by atoms with van der Waals surface area (Å²) in [5.41, 5.74) is 3.28. The summed E-state index contributed by atoms with van der Waals surface area (Å²) in [5.74, 6) is -0.853. The van der Waals surface area contributed by atoms with Crippen LogP contribution in [0.15, 0.2) is 58.7 Å². The van der Waals surface area contributed by atoms with Gasteiger partial charge in [-0.3, -0.25) is 14.6 Å². The summed E-state index contributed by atoms with van der Waals surface area (Å²) < 4.78 is 25.9. The van der Waals surface area contributed by atoms with Gasteiger partial charge in [-0.15, -0.1) is 0 Å². The lowest BCUT2D eigenvalue weighted by Crippen LogP contribution is -2.36. The Morgan fingerprint density at radius 3 is 2.48 bits per heavy atom. The van der Waals surface area contributed by atoms with Crippen LogP contribution in [-0.2, 0) is 19.6 Å². The number of pyridine rings is 1. The third-order valence-electron chi connectivity index (χ3n) is 3.32. The number of carbonyl (C=O) groups excluding carboxylic acids is 2. The molecule has 0 spiro atoms. The second-order valence-electron chi connectivity index (χ2n) is 5.51. The molecule has 0 aliphatic rings. The standard InChI is InChI=1S/C17H19N5O4S/c1-13(23)20-14-6-8-16(9-7-14)27(25,26)22(2)12-17(24)21-19-11-15-5-3-4-10-18-15/h3-11H,12H2,1-2H3,(H,20,23)(H,21,24)/b19-11-. The molecule has 2 aromatic rings. The van der Waals surface area contributed by atoms with E-state index in [1.54, 1.807) is 24.4 Å². The Hall–Kier alpha value is -3.11. The molecule has 0 fully saturated rings. The predicted molar refractivity (Wildman–Crippen MR) is 101 cm³/mol. The van der Waals surface area contributed by atoms with Gasteiger partial charge in [-0.25, -0.2) is 13.8 Å². The predicted octanol–water partition coefficient (Wildman–Crippen LogP) is 0.811. The molecule has 0 bridgehead atoms. The van der Waals surface area contributed by atoms with E-state index in [1.807, 2.05) is 0 Å². The first kappa shape index (κ1) is 20.2. The molecule has 0 aliphatic heterocycles. The zero-order chi connectivity index (χ0) is 19.9. The minimum Gasteiger partial charge on any atom is -0.326 e. The van der Waals surface area contributed by atoms with Crippen LogP contribution in [0.25, 0.3) is 0 Å². The molecule has 1 aromatic heterocycles. The van der Waals surface area contributed by atoms with Gasteiger partial charge in [0.2, 0.25) is 15.9 Å². The smallest absolute Gasteiger partial charge is 0.255 e. The molecule has 2 amide bonds. The van der Waals surface area contributed by atoms with Crippen molar-refractivity contribution in [1.82, 2.24) is 14.7 Å². The van der Waals surface area contributed by atoms with E-state index >= 15 is 0 Å². The average molecular weight is 389 g/mol. The molecule has 142 valence electrons. The number of nitrogens with zero attached hydrogens (tertiary/aromatic N) is 3. The Morgan fingerprint density at radius 1 is 1.19 bits per heavy atom. The van der Waals surface area contributed by atoms with Gasteiger partial charge >= 0.3 is 0 Å². The minimum absolute atomic E-state index is 0.00360. The van der Waals surface area contributed by atoms with Gasteiger partial charge in [0.1, 0.15) is 0 Å². The number of anilines is 1. The van der Waals surface area contributed by atoms with E-state index in [9.17, 15) is 18.0 Å². The first-order chi connectivity index (χ1) is 12.8. The van der Waals surface area contributed by atoms with Crippen LogP contribution in [0.1, 0.15) is 12.6 Å². The third kappa shape index (κ3) is 5.97. The van der Waals surface area contributed by atoms with Crippen molar-refractivity contribution in [2.75, 3.05) is 18.9 Å². The number of rotatable bonds is 7. The molecule has 1 aromatic carbocycles. The van der Waals surface area contributed by atoms with Crippen LogP contribution < -0.4 is 10.7 Å². The fourth-order valence-electron chi connectivity index (χ4n) is 2.04. The summed E-state index contributed by atoms with van der Waals surface area (Å²) in [6.07, 6.45) is 2.94. The molecule has 0 atom stereocenters. The molecule has 0 saturated carbocycles. The number of hydrogen-bond acceptors (Lipinski definition) is 6. The molecule has 2 rings (SSSR count). The van der Waals surface area contributed by atoms with Crippen molar-refractivity contribution in [3.63, 3.8) is 0 Å². The summed E-state index contributed by atoms with van der Waals surface area (Å²) in [5, 5.41) is 6.29. The van der Waals surface area contributed by atoms with E-state index in [1.165, 1.54) is 44.5 Å². The molecule has 27 heavy (non-hydrogen) atoms. The van der Waals surface area contributed by atoms with E-state index in [0.717, 1.165) is 4.31 Å². The van der Waals surface area contributed by atoms with Crippen molar-refractivity contribution in [3.8, 4) is 0 Å². The van der Waals surface area contributed by atoms with Gasteiger partial charge in [0, 0.05) is 25.9 Å². The molecule has 9 nitrogen and oxygen atoms in total. The lowest BCUT2D eigenvalue weighted by atomic mass is 10.3. The van der Waals surface area contributed by atoms with E-state index in [2.05, 4.69) is 20.8 Å². The molecule has 0 saturated heterocycles. The number of likely N-dealkylation sites (N-methyl/N-ethyl adjacent to an activating group) is 1. The highest BCUT2D eigenvalue weighted by molar-refractivity contribution is 7.89. The van der Waals surface area contributed by atoms with E-state index in [0.29, 0.717) is 11.4 Å². The molecule has 0 aliphatic carbocycles. The van der Waals surface area contributed by atoms with E-state index in [-0.39, 0.29) is 10.8 Å². The van der Waals surface area contributed by atoms with Gasteiger partial charge in [0.05, 0.1) is 23.3 Å². The van der Waals surface area contributed by atoms with Crippen LogP contribution in [-0.4, -0.2) is 49.3 Å². The van der Waals surface area contributed by atoms with Crippen LogP contribution >= 0.6 is 0 Å². The number of hydrazone groups is 1. The Balaban J connectivity index is 1.96. The summed E-state index contributed by atoms with van der Waals surface area (Å²) in [6.45, 7) is 0.947. The Bertz CT molecular complexity index is 928. The minimum atomic E-state index is -3.86. The van der Waals surface area contributed by atoms with Crippen molar-refractivity contribution in [1.29, 1.82) is 0 Å². The van der Waals surface area contributed by atoms with Gasteiger partial charge in [-0.05, 0) is 36.4 Å². The van der Waals surface area contributed by atoms with Crippen LogP contribution in [0.3, 0.4) is 0 Å². The largest absolute Gasteiger partial charge is 0.326 e. The number of sulfonamides is 1. The highest BCUT2D eigenvalue weighted by Gasteiger charge is 2.22. The number of aromatic nitrogens is 1. The highest BCUT2D eigenvalue weighted by atomic mass is 32.2. The van der Waals surface area contributed by atoms with E-state index < -0.39 is 22.5 Å². The van der Waals surface area contributed by atoms with Crippen molar-refractivity contribution in [2.24, 2.45) is 5.10 Å². The second-order valence-corrected chi connectivity index (χ2v) is 7.56.